The van der Waals surface area contributed by atoms with Crippen LogP contribution in [0.15, 0.2) is 30.6 Å². The molecule has 2 aromatic heterocycles. The van der Waals surface area contributed by atoms with Gasteiger partial charge in [0.25, 0.3) is 0 Å². The van der Waals surface area contributed by atoms with Gasteiger partial charge in [-0.2, -0.15) is 13.2 Å². The van der Waals surface area contributed by atoms with Crippen molar-refractivity contribution in [1.29, 1.82) is 0 Å². The molecule has 0 spiro atoms. The van der Waals surface area contributed by atoms with E-state index in [1.165, 1.54) is 16.7 Å². The molecule has 1 N–H and O–H groups in total. The molecule has 1 amide bonds. The first-order valence-electron chi connectivity index (χ1n) is 7.42. The Hall–Kier alpha value is -2.90. The lowest BCUT2D eigenvalue weighted by atomic mass is 9.98. The van der Waals surface area contributed by atoms with Crippen molar-refractivity contribution in [3.63, 3.8) is 0 Å². The van der Waals surface area contributed by atoms with E-state index in [0.717, 1.165) is 6.20 Å². The zero-order valence-corrected chi connectivity index (χ0v) is 12.9. The van der Waals surface area contributed by atoms with Crippen LogP contribution in [0.2, 0.25) is 0 Å². The predicted molar refractivity (Wildman–Crippen MR) is 82.7 cm³/mol. The van der Waals surface area contributed by atoms with E-state index in [9.17, 15) is 22.4 Å². The smallest absolute Gasteiger partial charge is 0.323 e. The van der Waals surface area contributed by atoms with E-state index in [0.29, 0.717) is 22.3 Å². The van der Waals surface area contributed by atoms with Crippen LogP contribution in [0.3, 0.4) is 0 Å². The number of pyridine rings is 1. The summed E-state index contributed by atoms with van der Waals surface area (Å²) in [6.07, 6.45) is -2.17. The number of carbonyl (C=O) groups is 1. The molecule has 1 aliphatic heterocycles. The van der Waals surface area contributed by atoms with E-state index in [-0.39, 0.29) is 23.7 Å². The van der Waals surface area contributed by atoms with Crippen molar-refractivity contribution < 1.29 is 22.4 Å². The minimum Gasteiger partial charge on any atom is -0.323 e. The van der Waals surface area contributed by atoms with Crippen molar-refractivity contribution in [2.24, 2.45) is 0 Å². The second-order valence-corrected chi connectivity index (χ2v) is 5.95. The molecule has 0 fully saturated rings. The summed E-state index contributed by atoms with van der Waals surface area (Å²) in [6, 6.07) is 4.45. The Morgan fingerprint density at radius 3 is 2.76 bits per heavy atom. The molecule has 4 nitrogen and oxygen atoms in total. The van der Waals surface area contributed by atoms with E-state index in [4.69, 9.17) is 0 Å². The van der Waals surface area contributed by atoms with Gasteiger partial charge in [-0.25, -0.2) is 9.37 Å². The van der Waals surface area contributed by atoms with Crippen molar-refractivity contribution in [2.45, 2.75) is 19.5 Å². The number of amides is 1. The summed E-state index contributed by atoms with van der Waals surface area (Å²) in [6.45, 7) is 1.71. The number of aryl methyl sites for hydroxylation is 1. The molecule has 8 heteroatoms. The Kier molecular flexibility index (Phi) is 3.15. The van der Waals surface area contributed by atoms with Gasteiger partial charge < -0.3 is 9.72 Å². The highest BCUT2D eigenvalue weighted by atomic mass is 19.4. The molecule has 0 saturated carbocycles. The first kappa shape index (κ1) is 15.6. The van der Waals surface area contributed by atoms with Gasteiger partial charge in [0.1, 0.15) is 11.5 Å². The highest BCUT2D eigenvalue weighted by molar-refractivity contribution is 6.00. The number of aromatic nitrogens is 2. The molecule has 1 aliphatic rings. The Balaban J connectivity index is 1.97. The van der Waals surface area contributed by atoms with Gasteiger partial charge in [0.15, 0.2) is 5.69 Å². The van der Waals surface area contributed by atoms with Gasteiger partial charge in [0.2, 0.25) is 5.91 Å². The van der Waals surface area contributed by atoms with Gasteiger partial charge in [0.05, 0.1) is 12.1 Å². The second-order valence-electron chi connectivity index (χ2n) is 5.95. The van der Waals surface area contributed by atoms with Gasteiger partial charge >= 0.3 is 6.18 Å². The number of alkyl halides is 3. The molecule has 4 rings (SSSR count). The minimum atomic E-state index is -4.57. The average Bonchev–Trinajstić information content (AvgIpc) is 3.09. The van der Waals surface area contributed by atoms with Crippen LogP contribution in [0.4, 0.5) is 23.2 Å². The fraction of sp³-hybridized carbons (Fsp3) is 0.176. The van der Waals surface area contributed by atoms with Crippen LogP contribution in [-0.2, 0) is 17.4 Å². The molecule has 0 unspecified atom stereocenters. The molecule has 3 aromatic rings. The number of benzene rings is 1. The first-order chi connectivity index (χ1) is 11.7. The third-order valence-electron chi connectivity index (χ3n) is 4.20. The highest BCUT2D eigenvalue weighted by Gasteiger charge is 2.34. The number of fused-ring (bicyclic) bond motifs is 2. The van der Waals surface area contributed by atoms with Crippen molar-refractivity contribution in [1.82, 2.24) is 9.38 Å². The number of halogens is 4. The summed E-state index contributed by atoms with van der Waals surface area (Å²) >= 11 is 0. The van der Waals surface area contributed by atoms with Crippen LogP contribution in [-0.4, -0.2) is 15.3 Å². The lowest BCUT2D eigenvalue weighted by Gasteiger charge is -2.10. The normalized spacial score (nSPS) is 14.0. The van der Waals surface area contributed by atoms with Crippen LogP contribution in [0, 0.1) is 12.7 Å². The molecule has 0 radical (unpaired) electrons. The number of imidazole rings is 1. The quantitative estimate of drug-likeness (QED) is 0.676. The molecule has 3 heterocycles. The zero-order valence-electron chi connectivity index (χ0n) is 12.9. The molecule has 0 aliphatic carbocycles. The number of rotatable bonds is 1. The molecule has 0 bridgehead atoms. The van der Waals surface area contributed by atoms with Gasteiger partial charge in [-0.15, -0.1) is 0 Å². The lowest BCUT2D eigenvalue weighted by molar-refractivity contribution is -0.140. The van der Waals surface area contributed by atoms with E-state index in [1.807, 2.05) is 0 Å². The zero-order chi connectivity index (χ0) is 17.9. The lowest BCUT2D eigenvalue weighted by Crippen LogP contribution is -2.04. The Morgan fingerprint density at radius 2 is 2.04 bits per heavy atom. The number of carbonyl (C=O) groups excluding carboxylic acids is 1. The number of hydrogen-bond donors (Lipinski definition) is 1. The molecule has 1 aromatic carbocycles. The molecule has 128 valence electrons. The molecular weight excluding hydrogens is 338 g/mol. The summed E-state index contributed by atoms with van der Waals surface area (Å²) in [7, 11) is 0. The van der Waals surface area contributed by atoms with Crippen LogP contribution < -0.4 is 5.32 Å². The van der Waals surface area contributed by atoms with Gasteiger partial charge in [-0.3, -0.25) is 4.79 Å². The maximum Gasteiger partial charge on any atom is 0.434 e. The maximum absolute atomic E-state index is 14.3. The molecule has 0 saturated heterocycles. The van der Waals surface area contributed by atoms with Gasteiger partial charge in [-0.1, -0.05) is 0 Å². The summed E-state index contributed by atoms with van der Waals surface area (Å²) < 4.78 is 54.5. The summed E-state index contributed by atoms with van der Waals surface area (Å²) in [4.78, 5) is 15.2. The third-order valence-corrected chi connectivity index (χ3v) is 4.20. The van der Waals surface area contributed by atoms with Crippen LogP contribution in [0.1, 0.15) is 16.8 Å². The first-order valence-corrected chi connectivity index (χ1v) is 7.42. The SMILES string of the molecule is Cc1ccn2cc(C(F)(F)F)nc2c1-c1cc(F)c2c(c1)CC(=O)N2. The van der Waals surface area contributed by atoms with Crippen molar-refractivity contribution in [2.75, 3.05) is 5.32 Å². The second kappa shape index (κ2) is 5.05. The third kappa shape index (κ3) is 2.45. The Morgan fingerprint density at radius 1 is 1.28 bits per heavy atom. The standard InChI is InChI=1S/C17H11F4N3O/c1-8-2-3-24-7-12(17(19,20)21)22-16(24)14(8)9-4-10-6-13(25)23-15(10)11(18)5-9/h2-5,7H,6H2,1H3,(H,23,25). The predicted octanol–water partition coefficient (Wildman–Crippen LogP) is 3.96. The van der Waals surface area contributed by atoms with Crippen LogP contribution in [0.5, 0.6) is 0 Å². The number of anilines is 1. The van der Waals surface area contributed by atoms with E-state index < -0.39 is 17.7 Å². The minimum absolute atomic E-state index is 0.0322. The number of nitrogens with one attached hydrogen (secondary N) is 1. The van der Waals surface area contributed by atoms with Crippen LogP contribution >= 0.6 is 0 Å². The fourth-order valence-corrected chi connectivity index (χ4v) is 3.08. The number of nitrogens with zero attached hydrogens (tertiary/aromatic N) is 2. The summed E-state index contributed by atoms with van der Waals surface area (Å²) in [5.41, 5.74) is 1.11. The Labute approximate surface area is 139 Å². The summed E-state index contributed by atoms with van der Waals surface area (Å²) in [5.74, 6) is -0.941. The largest absolute Gasteiger partial charge is 0.434 e. The van der Waals surface area contributed by atoms with Crippen LogP contribution in [0.25, 0.3) is 16.8 Å². The Bertz CT molecular complexity index is 1040. The van der Waals surface area contributed by atoms with Crippen molar-refractivity contribution in [3.8, 4) is 11.1 Å². The summed E-state index contributed by atoms with van der Waals surface area (Å²) in [5, 5.41) is 2.44. The van der Waals surface area contributed by atoms with Gasteiger partial charge in [-0.05, 0) is 41.8 Å². The van der Waals surface area contributed by atoms with Gasteiger partial charge in [0, 0.05) is 18.0 Å². The van der Waals surface area contributed by atoms with Crippen molar-refractivity contribution >= 4 is 17.2 Å². The molecule has 25 heavy (non-hydrogen) atoms. The average molecular weight is 349 g/mol. The van der Waals surface area contributed by atoms with E-state index >= 15 is 0 Å². The highest BCUT2D eigenvalue weighted by Crippen LogP contribution is 2.36. The van der Waals surface area contributed by atoms with Crippen molar-refractivity contribution in [3.05, 3.63) is 53.2 Å². The molecular formula is C17H11F4N3O. The monoisotopic (exact) mass is 349 g/mol. The molecule has 0 atom stereocenters. The number of hydrogen-bond acceptors (Lipinski definition) is 2. The topological polar surface area (TPSA) is 46.4 Å². The van der Waals surface area contributed by atoms with E-state index in [2.05, 4.69) is 10.3 Å². The fourth-order valence-electron chi connectivity index (χ4n) is 3.08. The van der Waals surface area contributed by atoms with E-state index in [1.54, 1.807) is 19.1 Å². The maximum atomic E-state index is 14.3.